The zero-order valence-corrected chi connectivity index (χ0v) is 24.5. The number of nitrogens with zero attached hydrogens (tertiary/aromatic N) is 1. The third kappa shape index (κ3) is 10.9. The van der Waals surface area contributed by atoms with Crippen LogP contribution in [0.15, 0.2) is 35.5 Å². The average Bonchev–Trinajstić information content (AvgIpc) is 3.37. The Kier molecular flexibility index (Phi) is 13.4. The summed E-state index contributed by atoms with van der Waals surface area (Å²) in [5.74, 6) is -4.41. The first kappa shape index (κ1) is 34.5. The first-order valence-corrected chi connectivity index (χ1v) is 14.1. The van der Waals surface area contributed by atoms with Crippen LogP contribution < -0.4 is 38.9 Å². The lowest BCUT2D eigenvalue weighted by molar-refractivity contribution is -0.142. The van der Waals surface area contributed by atoms with Crippen molar-refractivity contribution in [1.29, 1.82) is 0 Å². The van der Waals surface area contributed by atoms with Gasteiger partial charge in [-0.3, -0.25) is 24.2 Å². The third-order valence-electron chi connectivity index (χ3n) is 7.16. The molecule has 0 aliphatic rings. The summed E-state index contributed by atoms with van der Waals surface area (Å²) < 4.78 is 0. The Hall–Kier alpha value is -4.66. The van der Waals surface area contributed by atoms with Gasteiger partial charge in [-0.1, -0.05) is 38.5 Å². The van der Waals surface area contributed by atoms with Crippen molar-refractivity contribution < 1.29 is 29.1 Å². The molecule has 0 bridgehead atoms. The second-order valence-corrected chi connectivity index (χ2v) is 10.5. The molecule has 0 radical (unpaired) electrons. The molecule has 15 heteroatoms. The molecule has 5 atom stereocenters. The van der Waals surface area contributed by atoms with Gasteiger partial charge in [0.25, 0.3) is 0 Å². The second kappa shape index (κ2) is 16.7. The molecule has 13 N–H and O–H groups in total. The number of nitrogens with one attached hydrogen (secondary N) is 4. The number of carboxylic acid groups (broad SMARTS) is 1. The van der Waals surface area contributed by atoms with E-state index in [2.05, 4.69) is 25.9 Å². The summed E-state index contributed by atoms with van der Waals surface area (Å²) in [5.41, 5.74) is 23.6. The maximum Gasteiger partial charge on any atom is 0.326 e. The number of rotatable bonds is 18. The molecule has 236 valence electrons. The summed E-state index contributed by atoms with van der Waals surface area (Å²) in [6.07, 6.45) is 2.25. The van der Waals surface area contributed by atoms with E-state index >= 15 is 0 Å². The van der Waals surface area contributed by atoms with Crippen LogP contribution in [0.4, 0.5) is 0 Å². The largest absolute Gasteiger partial charge is 0.480 e. The summed E-state index contributed by atoms with van der Waals surface area (Å²) in [4.78, 5) is 69.9. The molecule has 5 unspecified atom stereocenters. The van der Waals surface area contributed by atoms with Crippen molar-refractivity contribution in [2.24, 2.45) is 33.8 Å². The fourth-order valence-electron chi connectivity index (χ4n) is 4.37. The van der Waals surface area contributed by atoms with E-state index in [1.54, 1.807) is 6.20 Å². The first-order valence-electron chi connectivity index (χ1n) is 14.1. The van der Waals surface area contributed by atoms with E-state index in [1.807, 2.05) is 38.1 Å². The van der Waals surface area contributed by atoms with E-state index in [0.29, 0.717) is 6.42 Å². The summed E-state index contributed by atoms with van der Waals surface area (Å²) in [7, 11) is 0. The maximum atomic E-state index is 13.7. The van der Waals surface area contributed by atoms with E-state index < -0.39 is 53.8 Å². The van der Waals surface area contributed by atoms with Crippen LogP contribution in [0.5, 0.6) is 0 Å². The molecule has 43 heavy (non-hydrogen) atoms. The van der Waals surface area contributed by atoms with Crippen molar-refractivity contribution in [2.45, 2.75) is 76.5 Å². The molecule has 0 fully saturated rings. The van der Waals surface area contributed by atoms with Crippen molar-refractivity contribution in [2.75, 3.05) is 6.54 Å². The average molecular weight is 602 g/mol. The first-order chi connectivity index (χ1) is 20.3. The zero-order chi connectivity index (χ0) is 32.1. The molecule has 0 aliphatic carbocycles. The molecule has 1 heterocycles. The number of fused-ring (bicyclic) bond motifs is 1. The number of carbonyl (C=O) groups excluding carboxylic acids is 4. The van der Waals surface area contributed by atoms with Gasteiger partial charge in [-0.15, -0.1) is 0 Å². The Morgan fingerprint density at radius 1 is 0.930 bits per heavy atom. The van der Waals surface area contributed by atoms with E-state index in [-0.39, 0.29) is 50.5 Å². The van der Waals surface area contributed by atoms with Crippen LogP contribution in [-0.2, 0) is 30.4 Å². The monoisotopic (exact) mass is 601 g/mol. The predicted octanol–water partition coefficient (Wildman–Crippen LogP) is -1.06. The lowest BCUT2D eigenvalue weighted by Crippen LogP contribution is -2.58. The van der Waals surface area contributed by atoms with Crippen LogP contribution >= 0.6 is 0 Å². The van der Waals surface area contributed by atoms with Gasteiger partial charge in [-0.25, -0.2) is 4.79 Å². The van der Waals surface area contributed by atoms with Gasteiger partial charge in [0.05, 0.1) is 6.04 Å². The quantitative estimate of drug-likeness (QED) is 0.0571. The molecule has 1 aromatic carbocycles. The van der Waals surface area contributed by atoms with Crippen LogP contribution in [0.2, 0.25) is 0 Å². The minimum absolute atomic E-state index is 0.0383. The Labute approximate surface area is 249 Å². The molecular weight excluding hydrogens is 558 g/mol. The molecule has 0 saturated carbocycles. The third-order valence-corrected chi connectivity index (χ3v) is 7.16. The fraction of sp³-hybridized carbons (Fsp3) is 0.500. The Morgan fingerprint density at radius 3 is 2.19 bits per heavy atom. The van der Waals surface area contributed by atoms with Crippen molar-refractivity contribution in [3.05, 3.63) is 36.0 Å². The molecule has 1 aromatic heterocycles. The van der Waals surface area contributed by atoms with Crippen LogP contribution in [0.25, 0.3) is 10.9 Å². The summed E-state index contributed by atoms with van der Waals surface area (Å²) in [6, 6.07) is 2.82. The number of H-pyrrole nitrogens is 1. The molecule has 0 aliphatic heterocycles. The number of aromatic amines is 1. The minimum atomic E-state index is -1.42. The van der Waals surface area contributed by atoms with E-state index in [4.69, 9.17) is 22.9 Å². The number of aromatic nitrogens is 1. The normalized spacial score (nSPS) is 14.5. The number of hydrogen-bond acceptors (Lipinski definition) is 7. The fourth-order valence-corrected chi connectivity index (χ4v) is 4.37. The summed E-state index contributed by atoms with van der Waals surface area (Å²) in [5, 5.41) is 18.1. The molecule has 0 saturated heterocycles. The smallest absolute Gasteiger partial charge is 0.326 e. The highest BCUT2D eigenvalue weighted by molar-refractivity contribution is 5.95. The topological polar surface area (TPSA) is 274 Å². The van der Waals surface area contributed by atoms with E-state index in [9.17, 15) is 29.1 Å². The number of guanidine groups is 1. The van der Waals surface area contributed by atoms with Crippen LogP contribution in [-0.4, -0.2) is 76.4 Å². The SMILES string of the molecule is CCC(C)C(N)C(=O)NC(Cc1c[nH]c2ccccc12)C(=O)NC(CCCN=C(N)N)C(=O)NC(CCC(N)=O)C(=O)O. The summed E-state index contributed by atoms with van der Waals surface area (Å²) in [6.45, 7) is 3.87. The van der Waals surface area contributed by atoms with E-state index in [1.165, 1.54) is 0 Å². The summed E-state index contributed by atoms with van der Waals surface area (Å²) >= 11 is 0. The molecular formula is C28H43N9O6. The van der Waals surface area contributed by atoms with Gasteiger partial charge in [0.15, 0.2) is 5.96 Å². The number of amides is 4. The Balaban J connectivity index is 2.33. The van der Waals surface area contributed by atoms with Gasteiger partial charge in [0, 0.05) is 36.5 Å². The number of hydrogen-bond donors (Lipinski definition) is 9. The van der Waals surface area contributed by atoms with Crippen molar-refractivity contribution in [1.82, 2.24) is 20.9 Å². The number of carboxylic acids is 1. The lowest BCUT2D eigenvalue weighted by atomic mass is 9.98. The number of aliphatic carboxylic acids is 1. The minimum Gasteiger partial charge on any atom is -0.480 e. The standard InChI is InChI=1S/C28H43N9O6/c1-3-15(2)23(30)26(41)37-21(13-16-14-34-18-8-5-4-7-17(16)18)25(40)35-19(9-6-12-33-28(31)32)24(39)36-20(27(42)43)10-11-22(29)38/h4-5,7-8,14-15,19-21,23,34H,3,6,9-13,30H2,1-2H3,(H2,29,38)(H,35,40)(H,36,39)(H,37,41)(H,42,43)(H4,31,32,33). The number of benzene rings is 1. The highest BCUT2D eigenvalue weighted by Gasteiger charge is 2.31. The van der Waals surface area contributed by atoms with Gasteiger partial charge in [-0.05, 0) is 36.8 Å². The number of carbonyl (C=O) groups is 5. The number of primary amides is 1. The van der Waals surface area contributed by atoms with Crippen molar-refractivity contribution in [3.63, 3.8) is 0 Å². The number of aliphatic imine (C=N–C) groups is 1. The van der Waals surface area contributed by atoms with Crippen LogP contribution in [0.1, 0.15) is 51.5 Å². The predicted molar refractivity (Wildman–Crippen MR) is 161 cm³/mol. The second-order valence-electron chi connectivity index (χ2n) is 10.5. The van der Waals surface area contributed by atoms with E-state index in [0.717, 1.165) is 16.5 Å². The molecule has 0 spiro atoms. The highest BCUT2D eigenvalue weighted by atomic mass is 16.4. The van der Waals surface area contributed by atoms with Gasteiger partial charge in [0.2, 0.25) is 23.6 Å². The molecule has 2 aromatic rings. The highest BCUT2D eigenvalue weighted by Crippen LogP contribution is 2.19. The van der Waals surface area contributed by atoms with Gasteiger partial charge in [-0.2, -0.15) is 0 Å². The maximum absolute atomic E-state index is 13.7. The van der Waals surface area contributed by atoms with Gasteiger partial charge in [0.1, 0.15) is 18.1 Å². The number of nitrogens with two attached hydrogens (primary N) is 4. The zero-order valence-electron chi connectivity index (χ0n) is 24.5. The lowest BCUT2D eigenvalue weighted by Gasteiger charge is -2.26. The van der Waals surface area contributed by atoms with Crippen LogP contribution in [0.3, 0.4) is 0 Å². The van der Waals surface area contributed by atoms with Crippen LogP contribution in [0, 0.1) is 5.92 Å². The Morgan fingerprint density at radius 2 is 1.56 bits per heavy atom. The van der Waals surface area contributed by atoms with Crippen molar-refractivity contribution >= 4 is 46.5 Å². The molecule has 2 rings (SSSR count). The molecule has 15 nitrogen and oxygen atoms in total. The van der Waals surface area contributed by atoms with Crippen molar-refractivity contribution in [3.8, 4) is 0 Å². The molecule has 4 amide bonds. The van der Waals surface area contributed by atoms with Gasteiger partial charge >= 0.3 is 5.97 Å². The Bertz CT molecular complexity index is 1310. The number of para-hydroxylation sites is 1. The van der Waals surface area contributed by atoms with Gasteiger partial charge < -0.3 is 49.0 Å².